The second-order valence-electron chi connectivity index (χ2n) is 16.1. The molecule has 0 fully saturated rings. The second kappa shape index (κ2) is 13.8. The van der Waals surface area contributed by atoms with Crippen LogP contribution in [0.2, 0.25) is 0 Å². The summed E-state index contributed by atoms with van der Waals surface area (Å²) in [6.45, 7) is 0. The van der Waals surface area contributed by atoms with Crippen molar-refractivity contribution in [1.29, 1.82) is 0 Å². The van der Waals surface area contributed by atoms with Gasteiger partial charge in [0.1, 0.15) is 0 Å². The fraction of sp³-hybridized carbons (Fsp3) is 0. The van der Waals surface area contributed by atoms with Crippen LogP contribution in [0, 0.1) is 0 Å². The molecule has 10 aromatic carbocycles. The Bertz CT molecular complexity index is 3850. The molecule has 13 aromatic rings. The molecular weight excluding hydrogens is 771 g/mol. The van der Waals surface area contributed by atoms with E-state index < -0.39 is 0 Å². The molecule has 0 aliphatic heterocycles. The van der Waals surface area contributed by atoms with Crippen LogP contribution in [0.4, 0.5) is 17.1 Å². The molecule has 0 bridgehead atoms. The Morgan fingerprint density at radius 1 is 0.306 bits per heavy atom. The minimum Gasteiger partial charge on any atom is -0.310 e. The van der Waals surface area contributed by atoms with Crippen molar-refractivity contribution in [3.8, 4) is 22.5 Å². The zero-order valence-corrected chi connectivity index (χ0v) is 34.4. The summed E-state index contributed by atoms with van der Waals surface area (Å²) in [4.78, 5) is 2.41. The topological polar surface area (TPSA) is 13.1 Å². The van der Waals surface area contributed by atoms with E-state index in [0.29, 0.717) is 0 Å². The quantitative estimate of drug-likeness (QED) is 0.163. The predicted octanol–water partition coefficient (Wildman–Crippen LogP) is 16.5. The number of rotatable bonds is 6. The minimum absolute atomic E-state index is 1.10. The van der Waals surface area contributed by atoms with Gasteiger partial charge in [0.25, 0.3) is 0 Å². The van der Waals surface area contributed by atoms with Gasteiger partial charge in [-0.05, 0) is 113 Å². The van der Waals surface area contributed by atoms with E-state index in [2.05, 4.69) is 238 Å². The average Bonchev–Trinajstić information content (AvgIpc) is 4.00. The molecule has 4 heteroatoms. The monoisotopic (exact) mass is 807 g/mol. The number of hydrogen-bond acceptors (Lipinski definition) is 2. The maximum atomic E-state index is 2.41. The van der Waals surface area contributed by atoms with Gasteiger partial charge in [-0.15, -0.1) is 11.3 Å². The molecule has 0 saturated carbocycles. The Morgan fingerprint density at radius 3 is 1.66 bits per heavy atom. The highest BCUT2D eigenvalue weighted by molar-refractivity contribution is 7.25. The van der Waals surface area contributed by atoms with Gasteiger partial charge < -0.3 is 14.0 Å². The van der Waals surface area contributed by atoms with Crippen molar-refractivity contribution < 1.29 is 0 Å². The van der Waals surface area contributed by atoms with Gasteiger partial charge in [-0.1, -0.05) is 133 Å². The molecule has 0 spiro atoms. The van der Waals surface area contributed by atoms with Crippen LogP contribution in [0.25, 0.3) is 97.1 Å². The van der Waals surface area contributed by atoms with Crippen molar-refractivity contribution in [2.45, 2.75) is 0 Å². The molecule has 13 rings (SSSR count). The molecule has 0 amide bonds. The summed E-state index contributed by atoms with van der Waals surface area (Å²) < 4.78 is 7.41. The van der Waals surface area contributed by atoms with Gasteiger partial charge in [0.15, 0.2) is 0 Å². The zero-order chi connectivity index (χ0) is 40.7. The maximum Gasteiger partial charge on any atom is 0.0561 e. The first-order valence-electron chi connectivity index (χ1n) is 21.2. The molecule has 0 unspecified atom stereocenters. The lowest BCUT2D eigenvalue weighted by Gasteiger charge is -2.26. The van der Waals surface area contributed by atoms with Gasteiger partial charge in [-0.3, -0.25) is 0 Å². The van der Waals surface area contributed by atoms with Gasteiger partial charge in [-0.2, -0.15) is 0 Å². The third kappa shape index (κ3) is 5.37. The van der Waals surface area contributed by atoms with Gasteiger partial charge in [0, 0.05) is 70.2 Å². The Hall–Kier alpha value is -7.92. The Balaban J connectivity index is 0.933. The minimum atomic E-state index is 1.10. The highest BCUT2D eigenvalue weighted by Gasteiger charge is 2.20. The Labute approximate surface area is 362 Å². The average molecular weight is 808 g/mol. The van der Waals surface area contributed by atoms with Crippen molar-refractivity contribution in [1.82, 2.24) is 9.13 Å². The van der Waals surface area contributed by atoms with E-state index in [4.69, 9.17) is 0 Å². The maximum absolute atomic E-state index is 2.41. The van der Waals surface area contributed by atoms with Crippen molar-refractivity contribution in [3.05, 3.63) is 224 Å². The van der Waals surface area contributed by atoms with Crippen molar-refractivity contribution in [2.75, 3.05) is 4.90 Å². The normalized spacial score (nSPS) is 11.9. The highest BCUT2D eigenvalue weighted by atomic mass is 32.1. The van der Waals surface area contributed by atoms with E-state index >= 15 is 0 Å². The molecular formula is C58H37N3S. The number of hydrogen-bond donors (Lipinski definition) is 0. The number of anilines is 3. The number of fused-ring (bicyclic) bond motifs is 11. The van der Waals surface area contributed by atoms with Gasteiger partial charge in [0.05, 0.1) is 22.1 Å². The first-order valence-corrected chi connectivity index (χ1v) is 22.0. The molecule has 62 heavy (non-hydrogen) atoms. The number of nitrogens with zero attached hydrogens (tertiary/aromatic N) is 3. The molecule has 3 heterocycles. The summed E-state index contributed by atoms with van der Waals surface area (Å²) in [5.74, 6) is 0. The summed E-state index contributed by atoms with van der Waals surface area (Å²) in [6, 6.07) is 82.2. The van der Waals surface area contributed by atoms with Crippen LogP contribution in [-0.4, -0.2) is 9.13 Å². The Morgan fingerprint density at radius 2 is 0.855 bits per heavy atom. The van der Waals surface area contributed by atoms with Crippen molar-refractivity contribution >= 4 is 103 Å². The van der Waals surface area contributed by atoms with Crippen LogP contribution in [0.1, 0.15) is 0 Å². The zero-order valence-electron chi connectivity index (χ0n) is 33.6. The van der Waals surface area contributed by atoms with Gasteiger partial charge in [-0.25, -0.2) is 0 Å². The summed E-state index contributed by atoms with van der Waals surface area (Å²) in [5, 5.41) is 10.2. The molecule has 0 aliphatic carbocycles. The number of benzene rings is 10. The second-order valence-corrected chi connectivity index (χ2v) is 17.2. The van der Waals surface area contributed by atoms with E-state index in [1.165, 1.54) is 85.7 Å². The smallest absolute Gasteiger partial charge is 0.0561 e. The van der Waals surface area contributed by atoms with Crippen LogP contribution in [-0.2, 0) is 0 Å². The third-order valence-electron chi connectivity index (χ3n) is 12.7. The first kappa shape index (κ1) is 34.9. The highest BCUT2D eigenvalue weighted by Crippen LogP contribution is 2.44. The summed E-state index contributed by atoms with van der Waals surface area (Å²) in [5.41, 5.74) is 12.8. The van der Waals surface area contributed by atoms with Gasteiger partial charge >= 0.3 is 0 Å². The van der Waals surface area contributed by atoms with Crippen molar-refractivity contribution in [3.63, 3.8) is 0 Å². The number of para-hydroxylation sites is 3. The van der Waals surface area contributed by atoms with Crippen LogP contribution < -0.4 is 4.90 Å². The van der Waals surface area contributed by atoms with E-state index in [-0.39, 0.29) is 0 Å². The molecule has 0 aliphatic rings. The molecule has 3 aromatic heterocycles. The third-order valence-corrected chi connectivity index (χ3v) is 13.8. The van der Waals surface area contributed by atoms with E-state index in [1.54, 1.807) is 0 Å². The number of aromatic nitrogens is 2. The fourth-order valence-electron chi connectivity index (χ4n) is 9.88. The summed E-state index contributed by atoms with van der Waals surface area (Å²) in [6.07, 6.45) is 0. The molecule has 290 valence electrons. The molecule has 0 radical (unpaired) electrons. The molecule has 0 saturated heterocycles. The van der Waals surface area contributed by atoms with Crippen LogP contribution >= 0.6 is 11.3 Å². The van der Waals surface area contributed by atoms with Gasteiger partial charge in [0.2, 0.25) is 0 Å². The summed E-state index contributed by atoms with van der Waals surface area (Å²) in [7, 11) is 0. The van der Waals surface area contributed by atoms with Crippen LogP contribution in [0.3, 0.4) is 0 Å². The lowest BCUT2D eigenvalue weighted by Crippen LogP contribution is -2.10. The van der Waals surface area contributed by atoms with Crippen LogP contribution in [0.15, 0.2) is 224 Å². The SMILES string of the molecule is c1ccc(-n2c3ccccc3c3ccc(N(c4ccc(-c5ccc(-n6c7ccccc7c7c8ccccc8ccc76)cc5)cc4)c4ccc5sc6ccccc6c5c4)cc32)cc1. The van der Waals surface area contributed by atoms with E-state index in [9.17, 15) is 0 Å². The molecule has 0 N–H and O–H groups in total. The number of thiophene rings is 1. The van der Waals surface area contributed by atoms with E-state index in [1.807, 2.05) is 11.3 Å². The summed E-state index contributed by atoms with van der Waals surface area (Å²) >= 11 is 1.85. The lowest BCUT2D eigenvalue weighted by molar-refractivity contribution is 1.18. The van der Waals surface area contributed by atoms with Crippen molar-refractivity contribution in [2.24, 2.45) is 0 Å². The largest absolute Gasteiger partial charge is 0.310 e. The Kier molecular flexibility index (Phi) is 7.78. The molecule has 0 atom stereocenters. The predicted molar refractivity (Wildman–Crippen MR) is 266 cm³/mol. The van der Waals surface area contributed by atoms with Crippen LogP contribution in [0.5, 0.6) is 0 Å². The standard InChI is InChI=1S/C58H37N3S/c1-2-13-41(14-3-1)61-52-19-9-6-16-47(52)48-33-31-45(37-55(48)61)59(44-32-35-57-51(36-44)49-17-8-11-21-56(49)62-57)42-27-22-38(23-28-42)39-24-29-43(30-25-39)60-53-20-10-7-18-50(53)58-46-15-5-4-12-40(46)26-34-54(58)60/h1-37H. The first-order chi connectivity index (χ1) is 30.7. The molecule has 3 nitrogen and oxygen atoms in total. The van der Waals surface area contributed by atoms with E-state index in [0.717, 1.165) is 28.4 Å². The fourth-order valence-corrected chi connectivity index (χ4v) is 11.0. The lowest BCUT2D eigenvalue weighted by atomic mass is 10.0.